The van der Waals surface area contributed by atoms with Crippen LogP contribution in [0.3, 0.4) is 0 Å². The molecule has 0 aliphatic carbocycles. The average Bonchev–Trinajstić information content (AvgIpc) is 3.16. The van der Waals surface area contributed by atoms with E-state index in [4.69, 9.17) is 0 Å². The number of nitrogens with zero attached hydrogens (tertiary/aromatic N) is 4. The minimum atomic E-state index is 0.364. The minimum absolute atomic E-state index is 0.364. The third kappa shape index (κ3) is 3.18. The van der Waals surface area contributed by atoms with Crippen LogP contribution in [0.4, 0.5) is 17.2 Å². The predicted octanol–water partition coefficient (Wildman–Crippen LogP) is 3.20. The SMILES string of the molecule is CNc1cc(Nc2cccc(-c3ccc(C=O)cn3)c2)nn2c(C=O)cnc12. The van der Waals surface area contributed by atoms with Crippen molar-refractivity contribution in [1.29, 1.82) is 0 Å². The normalized spacial score (nSPS) is 10.6. The summed E-state index contributed by atoms with van der Waals surface area (Å²) in [5.41, 5.74) is 4.67. The minimum Gasteiger partial charge on any atom is -0.385 e. The zero-order valence-corrected chi connectivity index (χ0v) is 15.0. The van der Waals surface area contributed by atoms with Crippen molar-refractivity contribution in [1.82, 2.24) is 19.6 Å². The molecule has 28 heavy (non-hydrogen) atoms. The highest BCUT2D eigenvalue weighted by Crippen LogP contribution is 2.25. The Hall–Kier alpha value is -4.07. The second kappa shape index (κ2) is 7.28. The monoisotopic (exact) mass is 372 g/mol. The van der Waals surface area contributed by atoms with Gasteiger partial charge in [0.1, 0.15) is 5.69 Å². The Bertz CT molecular complexity index is 1170. The van der Waals surface area contributed by atoms with Gasteiger partial charge in [0.2, 0.25) is 0 Å². The number of carbonyl (C=O) groups excluding carboxylic acids is 2. The van der Waals surface area contributed by atoms with Gasteiger partial charge in [-0.1, -0.05) is 12.1 Å². The van der Waals surface area contributed by atoms with Crippen LogP contribution in [0, 0.1) is 0 Å². The molecule has 4 aromatic rings. The van der Waals surface area contributed by atoms with Crippen molar-refractivity contribution in [3.8, 4) is 11.3 Å². The van der Waals surface area contributed by atoms with Gasteiger partial charge in [-0.3, -0.25) is 14.6 Å². The molecule has 3 heterocycles. The van der Waals surface area contributed by atoms with Crippen LogP contribution >= 0.6 is 0 Å². The van der Waals surface area contributed by atoms with Crippen molar-refractivity contribution >= 4 is 35.4 Å². The number of benzene rings is 1. The number of pyridine rings is 1. The van der Waals surface area contributed by atoms with Crippen molar-refractivity contribution in [3.63, 3.8) is 0 Å². The fraction of sp³-hybridized carbons (Fsp3) is 0.0500. The first-order valence-electron chi connectivity index (χ1n) is 8.52. The molecule has 8 heteroatoms. The quantitative estimate of drug-likeness (QED) is 0.501. The Labute approximate surface area is 160 Å². The van der Waals surface area contributed by atoms with Crippen LogP contribution in [-0.4, -0.2) is 39.2 Å². The summed E-state index contributed by atoms with van der Waals surface area (Å²) in [7, 11) is 1.78. The number of aromatic nitrogens is 4. The summed E-state index contributed by atoms with van der Waals surface area (Å²) in [4.78, 5) is 30.6. The predicted molar refractivity (Wildman–Crippen MR) is 106 cm³/mol. The van der Waals surface area contributed by atoms with E-state index in [9.17, 15) is 9.59 Å². The molecule has 2 N–H and O–H groups in total. The number of nitrogens with one attached hydrogen (secondary N) is 2. The fourth-order valence-electron chi connectivity index (χ4n) is 2.86. The summed E-state index contributed by atoms with van der Waals surface area (Å²) in [6, 6.07) is 13.0. The molecule has 4 rings (SSSR count). The Morgan fingerprint density at radius 3 is 2.61 bits per heavy atom. The number of aldehydes is 2. The van der Waals surface area contributed by atoms with Crippen LogP contribution in [0.5, 0.6) is 0 Å². The van der Waals surface area contributed by atoms with Gasteiger partial charge >= 0.3 is 0 Å². The van der Waals surface area contributed by atoms with E-state index in [2.05, 4.69) is 25.7 Å². The molecule has 0 fully saturated rings. The number of hydrogen-bond acceptors (Lipinski definition) is 7. The second-order valence-corrected chi connectivity index (χ2v) is 6.03. The molecular formula is C20H16N6O2. The molecule has 0 bridgehead atoms. The summed E-state index contributed by atoms with van der Waals surface area (Å²) >= 11 is 0. The highest BCUT2D eigenvalue weighted by atomic mass is 16.1. The van der Waals surface area contributed by atoms with Crippen LogP contribution in [-0.2, 0) is 0 Å². The van der Waals surface area contributed by atoms with Crippen molar-refractivity contribution in [2.24, 2.45) is 0 Å². The number of fused-ring (bicyclic) bond motifs is 1. The first-order valence-corrected chi connectivity index (χ1v) is 8.52. The summed E-state index contributed by atoms with van der Waals surface area (Å²) in [5.74, 6) is 0.555. The lowest BCUT2D eigenvalue weighted by atomic mass is 10.1. The van der Waals surface area contributed by atoms with Crippen LogP contribution in [0.1, 0.15) is 20.8 Å². The fourth-order valence-corrected chi connectivity index (χ4v) is 2.86. The molecule has 0 saturated heterocycles. The van der Waals surface area contributed by atoms with Crippen molar-refractivity contribution in [3.05, 3.63) is 66.1 Å². The van der Waals surface area contributed by atoms with Crippen molar-refractivity contribution in [2.45, 2.75) is 0 Å². The van der Waals surface area contributed by atoms with E-state index < -0.39 is 0 Å². The zero-order valence-electron chi connectivity index (χ0n) is 15.0. The first kappa shape index (κ1) is 17.3. The second-order valence-electron chi connectivity index (χ2n) is 6.03. The van der Waals surface area contributed by atoms with E-state index in [1.807, 2.05) is 30.3 Å². The van der Waals surface area contributed by atoms with Crippen molar-refractivity contribution in [2.75, 3.05) is 17.7 Å². The zero-order chi connectivity index (χ0) is 19.5. The highest BCUT2D eigenvalue weighted by Gasteiger charge is 2.11. The van der Waals surface area contributed by atoms with Gasteiger partial charge in [0, 0.05) is 36.1 Å². The van der Waals surface area contributed by atoms with E-state index in [1.165, 1.54) is 16.9 Å². The van der Waals surface area contributed by atoms with E-state index >= 15 is 0 Å². The topological polar surface area (TPSA) is 101 Å². The van der Waals surface area contributed by atoms with E-state index in [1.54, 1.807) is 19.2 Å². The smallest absolute Gasteiger partial charge is 0.177 e. The Kier molecular flexibility index (Phi) is 4.51. The average molecular weight is 372 g/mol. The van der Waals surface area contributed by atoms with Gasteiger partial charge in [0.15, 0.2) is 24.0 Å². The number of rotatable bonds is 6. The standard InChI is InChI=1S/C20H16N6O2/c1-21-18-8-19(25-26-16(12-28)10-23-20(18)26)24-15-4-2-3-14(7-15)17-6-5-13(11-27)9-22-17/h2-12,21H,1H3,(H,24,25). The molecule has 0 spiro atoms. The van der Waals surface area contributed by atoms with E-state index in [0.717, 1.165) is 28.9 Å². The number of hydrogen-bond donors (Lipinski definition) is 2. The summed E-state index contributed by atoms with van der Waals surface area (Å²) < 4.78 is 1.49. The van der Waals surface area contributed by atoms with Crippen molar-refractivity contribution < 1.29 is 9.59 Å². The lowest BCUT2D eigenvalue weighted by Crippen LogP contribution is -2.04. The van der Waals surface area contributed by atoms with Crippen LogP contribution in [0.15, 0.2) is 54.9 Å². The van der Waals surface area contributed by atoms with Gasteiger partial charge in [-0.2, -0.15) is 0 Å². The molecule has 0 aliphatic rings. The Morgan fingerprint density at radius 2 is 1.89 bits per heavy atom. The third-order valence-electron chi connectivity index (χ3n) is 4.24. The van der Waals surface area contributed by atoms with Gasteiger partial charge in [0.05, 0.1) is 17.6 Å². The summed E-state index contributed by atoms with van der Waals surface area (Å²) in [6.07, 6.45) is 4.50. The van der Waals surface area contributed by atoms with E-state index in [0.29, 0.717) is 29.0 Å². The first-order chi connectivity index (χ1) is 13.7. The van der Waals surface area contributed by atoms with E-state index in [-0.39, 0.29) is 0 Å². The molecule has 0 saturated carbocycles. The lowest BCUT2D eigenvalue weighted by Gasteiger charge is -2.10. The van der Waals surface area contributed by atoms with Gasteiger partial charge in [-0.05, 0) is 24.3 Å². The van der Waals surface area contributed by atoms with Crippen LogP contribution in [0.2, 0.25) is 0 Å². The summed E-state index contributed by atoms with van der Waals surface area (Å²) in [6.45, 7) is 0. The molecule has 0 unspecified atom stereocenters. The Morgan fingerprint density at radius 1 is 1.00 bits per heavy atom. The lowest BCUT2D eigenvalue weighted by molar-refractivity contribution is 0.111. The largest absolute Gasteiger partial charge is 0.385 e. The summed E-state index contributed by atoms with van der Waals surface area (Å²) in [5, 5.41) is 10.8. The number of anilines is 3. The molecule has 0 atom stereocenters. The molecule has 138 valence electrons. The van der Waals surface area contributed by atoms with Gasteiger partial charge in [-0.15, -0.1) is 5.10 Å². The Balaban J connectivity index is 1.69. The molecule has 3 aromatic heterocycles. The van der Waals surface area contributed by atoms with Gasteiger partial charge in [0.25, 0.3) is 0 Å². The molecule has 0 radical (unpaired) electrons. The maximum absolute atomic E-state index is 11.2. The molecular weight excluding hydrogens is 356 g/mol. The highest BCUT2D eigenvalue weighted by molar-refractivity contribution is 5.79. The molecule has 0 aliphatic heterocycles. The van der Waals surface area contributed by atoms with Crippen LogP contribution < -0.4 is 10.6 Å². The maximum Gasteiger partial charge on any atom is 0.177 e. The third-order valence-corrected chi connectivity index (χ3v) is 4.24. The molecule has 0 amide bonds. The maximum atomic E-state index is 11.2. The van der Waals surface area contributed by atoms with Crippen LogP contribution in [0.25, 0.3) is 16.9 Å². The molecule has 8 nitrogen and oxygen atoms in total. The molecule has 1 aromatic carbocycles. The van der Waals surface area contributed by atoms with Gasteiger partial charge < -0.3 is 10.6 Å². The van der Waals surface area contributed by atoms with Gasteiger partial charge in [-0.25, -0.2) is 9.50 Å². The number of carbonyl (C=O) groups is 2. The number of imidazole rings is 1.